The summed E-state index contributed by atoms with van der Waals surface area (Å²) in [5, 5.41) is 6.71. The number of hydrogen-bond acceptors (Lipinski definition) is 5. The van der Waals surface area contributed by atoms with Gasteiger partial charge in [0.2, 0.25) is 10.0 Å². The summed E-state index contributed by atoms with van der Waals surface area (Å²) in [5.74, 6) is 0.490. The number of aromatic nitrogens is 2. The first-order valence-corrected chi connectivity index (χ1v) is 10.3. The van der Waals surface area contributed by atoms with E-state index in [2.05, 4.69) is 10.2 Å². The molecular weight excluding hydrogens is 368 g/mol. The Morgan fingerprint density at radius 2 is 1.89 bits per heavy atom. The van der Waals surface area contributed by atoms with Gasteiger partial charge in [0.15, 0.2) is 6.61 Å². The Kier molecular flexibility index (Phi) is 5.81. The number of aryl methyl sites for hydroxylation is 2. The van der Waals surface area contributed by atoms with Crippen LogP contribution in [0.3, 0.4) is 0 Å². The molecule has 1 N–H and O–H groups in total. The number of ether oxygens (including phenoxy) is 1. The van der Waals surface area contributed by atoms with Crippen LogP contribution in [-0.4, -0.2) is 66.5 Å². The number of H-pyrrole nitrogens is 1. The van der Waals surface area contributed by atoms with E-state index < -0.39 is 10.0 Å². The summed E-state index contributed by atoms with van der Waals surface area (Å²) < 4.78 is 32.9. The van der Waals surface area contributed by atoms with E-state index >= 15 is 0 Å². The Bertz CT molecular complexity index is 876. The third kappa shape index (κ3) is 4.30. The average Bonchev–Trinajstić information content (AvgIpc) is 2.86. The standard InChI is InChI=1S/C18H24N4O4S/c1-14-18(15(2)20-19-14)27(24,25)22-10-6-9-21(11-12-22)17(23)13-26-16-7-4-3-5-8-16/h3-5,7-8H,6,9-13H2,1-2H3,(H,19,20). The summed E-state index contributed by atoms with van der Waals surface area (Å²) in [6.45, 7) is 4.78. The monoisotopic (exact) mass is 392 g/mol. The number of aromatic amines is 1. The number of sulfonamides is 1. The minimum Gasteiger partial charge on any atom is -0.484 e. The third-order valence-electron chi connectivity index (χ3n) is 4.57. The lowest BCUT2D eigenvalue weighted by Gasteiger charge is -2.22. The minimum absolute atomic E-state index is 0.0588. The number of carbonyl (C=O) groups is 1. The van der Waals surface area contributed by atoms with Crippen LogP contribution in [0.5, 0.6) is 5.75 Å². The van der Waals surface area contributed by atoms with Crippen molar-refractivity contribution in [3.8, 4) is 5.75 Å². The fraction of sp³-hybridized carbons (Fsp3) is 0.444. The first-order chi connectivity index (χ1) is 12.9. The molecule has 1 aromatic carbocycles. The maximum Gasteiger partial charge on any atom is 0.260 e. The Labute approximate surface area is 159 Å². The number of amides is 1. The van der Waals surface area contributed by atoms with E-state index in [1.54, 1.807) is 30.9 Å². The molecule has 0 aliphatic carbocycles. The van der Waals surface area contributed by atoms with E-state index in [1.165, 1.54) is 4.31 Å². The molecule has 0 spiro atoms. The van der Waals surface area contributed by atoms with Crippen LogP contribution in [0.1, 0.15) is 17.8 Å². The highest BCUT2D eigenvalue weighted by atomic mass is 32.2. The second-order valence-corrected chi connectivity index (χ2v) is 8.38. The van der Waals surface area contributed by atoms with Gasteiger partial charge in [-0.1, -0.05) is 18.2 Å². The second kappa shape index (κ2) is 8.10. The molecule has 1 saturated heterocycles. The number of carbonyl (C=O) groups excluding carboxylic acids is 1. The summed E-state index contributed by atoms with van der Waals surface area (Å²) >= 11 is 0. The predicted molar refractivity (Wildman–Crippen MR) is 100.0 cm³/mol. The minimum atomic E-state index is -3.64. The van der Waals surface area contributed by atoms with Crippen LogP contribution in [0.25, 0.3) is 0 Å². The normalized spacial score (nSPS) is 16.1. The molecule has 3 rings (SSSR count). The van der Waals surface area contributed by atoms with E-state index in [-0.39, 0.29) is 24.0 Å². The van der Waals surface area contributed by atoms with Gasteiger partial charge in [0.05, 0.1) is 11.4 Å². The molecule has 0 radical (unpaired) electrons. The van der Waals surface area contributed by atoms with E-state index in [0.717, 1.165) is 0 Å². The fourth-order valence-electron chi connectivity index (χ4n) is 3.19. The molecule has 1 aliphatic rings. The Balaban J connectivity index is 1.62. The average molecular weight is 392 g/mol. The number of nitrogens with one attached hydrogen (secondary N) is 1. The number of nitrogens with zero attached hydrogens (tertiary/aromatic N) is 3. The lowest BCUT2D eigenvalue weighted by atomic mass is 10.3. The van der Waals surface area contributed by atoms with E-state index in [9.17, 15) is 13.2 Å². The van der Waals surface area contributed by atoms with Crippen molar-refractivity contribution >= 4 is 15.9 Å². The molecule has 0 saturated carbocycles. The molecule has 8 nitrogen and oxygen atoms in total. The van der Waals surface area contributed by atoms with Gasteiger partial charge in [0.25, 0.3) is 5.91 Å². The predicted octanol–water partition coefficient (Wildman–Crippen LogP) is 1.33. The van der Waals surface area contributed by atoms with Gasteiger partial charge in [-0.25, -0.2) is 8.42 Å². The van der Waals surface area contributed by atoms with E-state index in [4.69, 9.17) is 4.74 Å². The maximum absolute atomic E-state index is 13.0. The summed E-state index contributed by atoms with van der Waals surface area (Å²) in [4.78, 5) is 14.3. The van der Waals surface area contributed by atoms with Gasteiger partial charge >= 0.3 is 0 Å². The molecule has 0 bridgehead atoms. The molecular formula is C18H24N4O4S. The lowest BCUT2D eigenvalue weighted by molar-refractivity contribution is -0.133. The maximum atomic E-state index is 13.0. The van der Waals surface area contributed by atoms with Gasteiger partial charge in [-0.05, 0) is 32.4 Å². The zero-order valence-electron chi connectivity index (χ0n) is 15.5. The van der Waals surface area contributed by atoms with Crippen LogP contribution in [-0.2, 0) is 14.8 Å². The van der Waals surface area contributed by atoms with Gasteiger partial charge in [0, 0.05) is 26.2 Å². The molecule has 2 heterocycles. The highest BCUT2D eigenvalue weighted by Gasteiger charge is 2.31. The Hall–Kier alpha value is -2.39. The van der Waals surface area contributed by atoms with Crippen molar-refractivity contribution in [1.82, 2.24) is 19.4 Å². The molecule has 9 heteroatoms. The highest BCUT2D eigenvalue weighted by Crippen LogP contribution is 2.22. The van der Waals surface area contributed by atoms with Gasteiger partial charge < -0.3 is 9.64 Å². The van der Waals surface area contributed by atoms with E-state index in [0.29, 0.717) is 43.2 Å². The van der Waals surface area contributed by atoms with Crippen molar-refractivity contribution < 1.29 is 17.9 Å². The summed E-state index contributed by atoms with van der Waals surface area (Å²) in [6.07, 6.45) is 0.576. The lowest BCUT2D eigenvalue weighted by Crippen LogP contribution is -2.39. The van der Waals surface area contributed by atoms with Crippen molar-refractivity contribution in [3.05, 3.63) is 41.7 Å². The molecule has 1 aromatic heterocycles. The van der Waals surface area contributed by atoms with Crippen molar-refractivity contribution in [2.45, 2.75) is 25.2 Å². The summed E-state index contributed by atoms with van der Waals surface area (Å²) in [5.41, 5.74) is 0.988. The summed E-state index contributed by atoms with van der Waals surface area (Å²) in [6, 6.07) is 9.14. The molecule has 2 aromatic rings. The van der Waals surface area contributed by atoms with Gasteiger partial charge in [-0.3, -0.25) is 9.89 Å². The van der Waals surface area contributed by atoms with Crippen molar-refractivity contribution in [2.24, 2.45) is 0 Å². The molecule has 0 unspecified atom stereocenters. The quantitative estimate of drug-likeness (QED) is 0.828. The topological polar surface area (TPSA) is 95.6 Å². The highest BCUT2D eigenvalue weighted by molar-refractivity contribution is 7.89. The fourth-order valence-corrected chi connectivity index (χ4v) is 4.99. The van der Waals surface area contributed by atoms with Crippen LogP contribution < -0.4 is 4.74 Å². The molecule has 0 atom stereocenters. The Morgan fingerprint density at radius 3 is 2.56 bits per heavy atom. The van der Waals surface area contributed by atoms with Crippen molar-refractivity contribution in [3.63, 3.8) is 0 Å². The number of benzene rings is 1. The molecule has 27 heavy (non-hydrogen) atoms. The first kappa shape index (κ1) is 19.4. The SMILES string of the molecule is Cc1n[nH]c(C)c1S(=O)(=O)N1CCCN(C(=O)COc2ccccc2)CC1. The second-order valence-electron chi connectivity index (χ2n) is 6.50. The molecule has 1 amide bonds. The van der Waals surface area contributed by atoms with Crippen LogP contribution in [0, 0.1) is 13.8 Å². The number of para-hydroxylation sites is 1. The number of rotatable bonds is 5. The van der Waals surface area contributed by atoms with Gasteiger partial charge in [-0.15, -0.1) is 0 Å². The largest absolute Gasteiger partial charge is 0.484 e. The molecule has 146 valence electrons. The van der Waals surface area contributed by atoms with Crippen LogP contribution in [0.2, 0.25) is 0 Å². The van der Waals surface area contributed by atoms with Crippen molar-refractivity contribution in [1.29, 1.82) is 0 Å². The van der Waals surface area contributed by atoms with Crippen LogP contribution in [0.4, 0.5) is 0 Å². The smallest absolute Gasteiger partial charge is 0.260 e. The number of hydrogen-bond donors (Lipinski definition) is 1. The molecule has 1 aliphatic heterocycles. The van der Waals surface area contributed by atoms with Gasteiger partial charge in [0.1, 0.15) is 10.6 Å². The van der Waals surface area contributed by atoms with E-state index in [1.807, 2.05) is 18.2 Å². The first-order valence-electron chi connectivity index (χ1n) is 8.87. The third-order valence-corrected chi connectivity index (χ3v) is 6.73. The van der Waals surface area contributed by atoms with Crippen LogP contribution in [0.15, 0.2) is 35.2 Å². The van der Waals surface area contributed by atoms with Gasteiger partial charge in [-0.2, -0.15) is 9.40 Å². The van der Waals surface area contributed by atoms with Crippen LogP contribution >= 0.6 is 0 Å². The zero-order valence-corrected chi connectivity index (χ0v) is 16.3. The zero-order chi connectivity index (χ0) is 19.4. The summed E-state index contributed by atoms with van der Waals surface area (Å²) in [7, 11) is -3.64. The van der Waals surface area contributed by atoms with Crippen molar-refractivity contribution in [2.75, 3.05) is 32.8 Å². The molecule has 1 fully saturated rings. The Morgan fingerprint density at radius 1 is 1.15 bits per heavy atom.